The Labute approximate surface area is 102 Å². The molecule has 0 aliphatic rings. The summed E-state index contributed by atoms with van der Waals surface area (Å²) in [5, 5.41) is 2.17. The van der Waals surface area contributed by atoms with Gasteiger partial charge in [0.25, 0.3) is 0 Å². The third-order valence-electron chi connectivity index (χ3n) is 2.39. The van der Waals surface area contributed by atoms with Gasteiger partial charge in [0.15, 0.2) is 9.84 Å². The van der Waals surface area contributed by atoms with E-state index in [9.17, 15) is 13.2 Å². The van der Waals surface area contributed by atoms with E-state index in [1.165, 1.54) is 12.1 Å². The van der Waals surface area contributed by atoms with Gasteiger partial charge in [-0.2, -0.15) is 0 Å². The molecule has 0 fully saturated rings. The largest absolute Gasteiger partial charge is 0.326 e. The maximum Gasteiger partial charge on any atom is 0.224 e. The van der Waals surface area contributed by atoms with Crippen molar-refractivity contribution >= 4 is 21.4 Å². The summed E-state index contributed by atoms with van der Waals surface area (Å²) < 4.78 is 23.9. The molecule has 0 aromatic heterocycles. The lowest BCUT2D eigenvalue weighted by atomic mass is 10.3. The Hall–Kier alpha value is -1.36. The van der Waals surface area contributed by atoms with Crippen LogP contribution in [0.5, 0.6) is 0 Å². The Kier molecular flexibility index (Phi) is 4.28. The summed E-state index contributed by atoms with van der Waals surface area (Å²) in [5.41, 5.74) is 0.513. The molecule has 1 rings (SSSR count). The van der Waals surface area contributed by atoms with Gasteiger partial charge in [-0.05, 0) is 32.0 Å². The van der Waals surface area contributed by atoms with Gasteiger partial charge in [0.05, 0.1) is 10.1 Å². The molecule has 1 aromatic carbocycles. The summed E-state index contributed by atoms with van der Waals surface area (Å²) in [6.45, 7) is 5.00. The molecule has 0 heterocycles. The molecule has 0 saturated carbocycles. The number of hydrogen-bond donors (Lipinski definition) is 1. The molecule has 1 amide bonds. The smallest absolute Gasteiger partial charge is 0.224 e. The van der Waals surface area contributed by atoms with Crippen LogP contribution in [0.2, 0.25) is 0 Å². The van der Waals surface area contributed by atoms with Gasteiger partial charge in [-0.15, -0.1) is 0 Å². The summed E-state index contributed by atoms with van der Waals surface area (Å²) in [6.07, 6.45) is 0.362. The Morgan fingerprint density at radius 2 is 2.00 bits per heavy atom. The van der Waals surface area contributed by atoms with E-state index in [0.29, 0.717) is 12.1 Å². The minimum atomic E-state index is -3.29. The average Bonchev–Trinajstić information content (AvgIpc) is 2.29. The molecule has 4 nitrogen and oxygen atoms in total. The van der Waals surface area contributed by atoms with Crippen molar-refractivity contribution in [2.24, 2.45) is 0 Å². The summed E-state index contributed by atoms with van der Waals surface area (Å²) in [6, 6.07) is 6.33. The summed E-state index contributed by atoms with van der Waals surface area (Å²) >= 11 is 0. The van der Waals surface area contributed by atoms with E-state index in [1.807, 2.05) is 0 Å². The fourth-order valence-electron chi connectivity index (χ4n) is 1.27. The minimum Gasteiger partial charge on any atom is -0.326 e. The number of anilines is 1. The lowest BCUT2D eigenvalue weighted by Gasteiger charge is -2.09. The van der Waals surface area contributed by atoms with Crippen molar-refractivity contribution in [2.45, 2.75) is 37.3 Å². The Balaban J connectivity index is 3.06. The monoisotopic (exact) mass is 255 g/mol. The second kappa shape index (κ2) is 5.31. The molecule has 5 heteroatoms. The van der Waals surface area contributed by atoms with Crippen LogP contribution in [-0.4, -0.2) is 19.6 Å². The van der Waals surface area contributed by atoms with Gasteiger partial charge in [0.1, 0.15) is 0 Å². The van der Waals surface area contributed by atoms with Crippen LogP contribution in [0.4, 0.5) is 5.69 Å². The van der Waals surface area contributed by atoms with Crippen molar-refractivity contribution < 1.29 is 13.2 Å². The molecular formula is C12H17NO3S. The molecule has 94 valence electrons. The number of hydrogen-bond acceptors (Lipinski definition) is 3. The highest BCUT2D eigenvalue weighted by molar-refractivity contribution is 7.92. The van der Waals surface area contributed by atoms with E-state index < -0.39 is 15.1 Å². The first-order valence-corrected chi connectivity index (χ1v) is 7.06. The molecule has 0 radical (unpaired) electrons. The van der Waals surface area contributed by atoms with Crippen molar-refractivity contribution in [3.8, 4) is 0 Å². The number of rotatable bonds is 4. The second-order valence-electron chi connectivity index (χ2n) is 4.02. The highest BCUT2D eigenvalue weighted by Gasteiger charge is 2.19. The van der Waals surface area contributed by atoms with Gasteiger partial charge in [-0.25, -0.2) is 8.42 Å². The first-order chi connectivity index (χ1) is 7.87. The van der Waals surface area contributed by atoms with Crippen molar-refractivity contribution in [3.63, 3.8) is 0 Å². The quantitative estimate of drug-likeness (QED) is 0.897. The van der Waals surface area contributed by atoms with E-state index >= 15 is 0 Å². The summed E-state index contributed by atoms with van der Waals surface area (Å²) in [4.78, 5) is 11.5. The third-order valence-corrected chi connectivity index (χ3v) is 4.54. The zero-order chi connectivity index (χ0) is 13.1. The maximum atomic E-state index is 11.9. The minimum absolute atomic E-state index is 0.135. The Morgan fingerprint density at radius 3 is 2.53 bits per heavy atom. The fourth-order valence-corrected chi connectivity index (χ4v) is 2.38. The number of sulfone groups is 1. The van der Waals surface area contributed by atoms with Crippen LogP contribution >= 0.6 is 0 Å². The van der Waals surface area contributed by atoms with Crippen molar-refractivity contribution in [2.75, 3.05) is 5.32 Å². The third kappa shape index (κ3) is 3.30. The fraction of sp³-hybridized carbons (Fsp3) is 0.417. The average molecular weight is 255 g/mol. The SMILES string of the molecule is CCC(=O)Nc1cccc(S(=O)(=O)C(C)C)c1. The Bertz CT molecular complexity index is 506. The molecule has 1 N–H and O–H groups in total. The normalized spacial score (nSPS) is 11.5. The van der Waals surface area contributed by atoms with Crippen LogP contribution in [0, 0.1) is 0 Å². The molecule has 0 bridgehead atoms. The lowest BCUT2D eigenvalue weighted by Crippen LogP contribution is -2.15. The highest BCUT2D eigenvalue weighted by atomic mass is 32.2. The van der Waals surface area contributed by atoms with Crippen molar-refractivity contribution in [1.29, 1.82) is 0 Å². The van der Waals surface area contributed by atoms with E-state index in [4.69, 9.17) is 0 Å². The molecule has 0 aliphatic heterocycles. The van der Waals surface area contributed by atoms with Gasteiger partial charge < -0.3 is 5.32 Å². The first kappa shape index (κ1) is 13.7. The first-order valence-electron chi connectivity index (χ1n) is 5.51. The summed E-state index contributed by atoms with van der Waals surface area (Å²) in [5.74, 6) is -0.135. The Morgan fingerprint density at radius 1 is 1.35 bits per heavy atom. The van der Waals surface area contributed by atoms with E-state index in [-0.39, 0.29) is 10.8 Å². The van der Waals surface area contributed by atoms with Crippen LogP contribution in [0.25, 0.3) is 0 Å². The maximum absolute atomic E-state index is 11.9. The van der Waals surface area contributed by atoms with E-state index in [1.54, 1.807) is 32.9 Å². The molecule has 17 heavy (non-hydrogen) atoms. The van der Waals surface area contributed by atoms with Gasteiger partial charge in [0.2, 0.25) is 5.91 Å². The van der Waals surface area contributed by atoms with Crippen molar-refractivity contribution in [1.82, 2.24) is 0 Å². The topological polar surface area (TPSA) is 63.2 Å². The molecule has 0 unspecified atom stereocenters. The van der Waals surface area contributed by atoms with Crippen molar-refractivity contribution in [3.05, 3.63) is 24.3 Å². The second-order valence-corrected chi connectivity index (χ2v) is 6.53. The zero-order valence-electron chi connectivity index (χ0n) is 10.2. The molecule has 0 atom stereocenters. The van der Waals surface area contributed by atoms with Crippen LogP contribution in [-0.2, 0) is 14.6 Å². The van der Waals surface area contributed by atoms with Gasteiger partial charge in [0, 0.05) is 12.1 Å². The highest BCUT2D eigenvalue weighted by Crippen LogP contribution is 2.19. The molecule has 1 aromatic rings. The number of carbonyl (C=O) groups is 1. The summed E-state index contributed by atoms with van der Waals surface area (Å²) in [7, 11) is -3.29. The van der Waals surface area contributed by atoms with Gasteiger partial charge >= 0.3 is 0 Å². The standard InChI is InChI=1S/C12H17NO3S/c1-4-12(14)13-10-6-5-7-11(8-10)17(15,16)9(2)3/h5-9H,4H2,1-3H3,(H,13,14). The van der Waals surface area contributed by atoms with Crippen LogP contribution in [0.1, 0.15) is 27.2 Å². The lowest BCUT2D eigenvalue weighted by molar-refractivity contribution is -0.115. The molecular weight excluding hydrogens is 238 g/mol. The van der Waals surface area contributed by atoms with Crippen LogP contribution in [0.3, 0.4) is 0 Å². The number of benzene rings is 1. The molecule has 0 spiro atoms. The van der Waals surface area contributed by atoms with Crippen LogP contribution < -0.4 is 5.32 Å². The zero-order valence-corrected chi connectivity index (χ0v) is 11.0. The molecule has 0 saturated heterocycles. The number of amides is 1. The van der Waals surface area contributed by atoms with Gasteiger partial charge in [-0.1, -0.05) is 13.0 Å². The number of nitrogens with one attached hydrogen (secondary N) is 1. The number of carbonyl (C=O) groups excluding carboxylic acids is 1. The van der Waals surface area contributed by atoms with E-state index in [0.717, 1.165) is 0 Å². The van der Waals surface area contributed by atoms with Gasteiger partial charge in [-0.3, -0.25) is 4.79 Å². The van der Waals surface area contributed by atoms with Crippen LogP contribution in [0.15, 0.2) is 29.2 Å². The van der Waals surface area contributed by atoms with E-state index in [2.05, 4.69) is 5.32 Å². The molecule has 0 aliphatic carbocycles. The predicted octanol–water partition coefficient (Wildman–Crippen LogP) is 2.22. The predicted molar refractivity (Wildman–Crippen MR) is 67.7 cm³/mol.